The standard InChI is InChI=1S/C23H24N6O4S/c1-12-6-13-8-17(34-19(13)16(7-12)33-3)14-9-15(29-18(14)20(24)25-11-26-29)21(30)28-5-4-23(2,10-28)27-22(31)32/h6-9,11,27H,4-5,10H2,1-3H3,(H,31,32)(H2,24,25,26)/t23-/m0/s1. The summed E-state index contributed by atoms with van der Waals surface area (Å²) in [6.45, 7) is 4.50. The number of benzene rings is 1. The number of rotatable bonds is 4. The second-order valence-corrected chi connectivity index (χ2v) is 9.86. The molecule has 1 fully saturated rings. The van der Waals surface area contributed by atoms with Crippen LogP contribution in [0.25, 0.3) is 26.0 Å². The van der Waals surface area contributed by atoms with Crippen LogP contribution in [0, 0.1) is 6.92 Å². The minimum absolute atomic E-state index is 0.246. The first-order valence-electron chi connectivity index (χ1n) is 10.7. The van der Waals surface area contributed by atoms with Crippen molar-refractivity contribution in [3.8, 4) is 16.2 Å². The fraction of sp³-hybridized carbons (Fsp3) is 0.304. The van der Waals surface area contributed by atoms with E-state index in [0.29, 0.717) is 24.2 Å². The predicted molar refractivity (Wildman–Crippen MR) is 130 cm³/mol. The Kier molecular flexibility index (Phi) is 5.08. The molecule has 0 spiro atoms. The number of anilines is 1. The van der Waals surface area contributed by atoms with Gasteiger partial charge >= 0.3 is 6.09 Å². The average Bonchev–Trinajstić information content (AvgIpc) is 3.47. The number of aromatic nitrogens is 3. The summed E-state index contributed by atoms with van der Waals surface area (Å²) in [5, 5.41) is 17.0. The largest absolute Gasteiger partial charge is 0.495 e. The van der Waals surface area contributed by atoms with Crippen LogP contribution in [0.1, 0.15) is 29.4 Å². The second-order valence-electron chi connectivity index (χ2n) is 8.81. The number of carbonyl (C=O) groups excluding carboxylic acids is 1. The lowest BCUT2D eigenvalue weighted by molar-refractivity contribution is 0.0772. The van der Waals surface area contributed by atoms with Gasteiger partial charge in [-0.25, -0.2) is 14.3 Å². The van der Waals surface area contributed by atoms with Gasteiger partial charge in [-0.3, -0.25) is 4.79 Å². The van der Waals surface area contributed by atoms with E-state index in [1.807, 2.05) is 13.0 Å². The number of hydrogen-bond acceptors (Lipinski definition) is 7. The van der Waals surface area contributed by atoms with E-state index in [1.165, 1.54) is 10.8 Å². The van der Waals surface area contributed by atoms with Crippen LogP contribution in [0.15, 0.2) is 30.6 Å². The van der Waals surface area contributed by atoms with E-state index < -0.39 is 11.6 Å². The Bertz CT molecular complexity index is 1460. The molecule has 3 aromatic heterocycles. The SMILES string of the molecule is COc1cc(C)cc2cc(-c3cc(C(=O)N4CC[C@](C)(NC(=O)O)C4)n4ncnc(N)c34)sc12. The van der Waals surface area contributed by atoms with Gasteiger partial charge in [-0.1, -0.05) is 6.07 Å². The van der Waals surface area contributed by atoms with Crippen molar-refractivity contribution in [2.24, 2.45) is 0 Å². The van der Waals surface area contributed by atoms with E-state index in [9.17, 15) is 9.59 Å². The van der Waals surface area contributed by atoms with Crippen LogP contribution in [0.3, 0.4) is 0 Å². The van der Waals surface area contributed by atoms with E-state index in [-0.39, 0.29) is 18.3 Å². The molecule has 2 amide bonds. The number of aryl methyl sites for hydroxylation is 1. The lowest BCUT2D eigenvalue weighted by atomic mass is 10.0. The Balaban J connectivity index is 1.60. The van der Waals surface area contributed by atoms with Gasteiger partial charge in [-0.05, 0) is 49.4 Å². The normalized spacial score (nSPS) is 18.0. The highest BCUT2D eigenvalue weighted by molar-refractivity contribution is 7.22. The third-order valence-electron chi connectivity index (χ3n) is 6.18. The first-order valence-corrected chi connectivity index (χ1v) is 11.5. The van der Waals surface area contributed by atoms with Gasteiger partial charge in [0.15, 0.2) is 5.82 Å². The summed E-state index contributed by atoms with van der Waals surface area (Å²) in [6.07, 6.45) is 0.733. The number of methoxy groups -OCH3 is 1. The molecule has 176 valence electrons. The first-order chi connectivity index (χ1) is 16.2. The van der Waals surface area contributed by atoms with Crippen molar-refractivity contribution in [3.63, 3.8) is 0 Å². The van der Waals surface area contributed by atoms with Crippen LogP contribution in [0.2, 0.25) is 0 Å². The number of thiophene rings is 1. The maximum atomic E-state index is 13.5. The number of ether oxygens (including phenoxy) is 1. The zero-order valence-corrected chi connectivity index (χ0v) is 19.8. The minimum Gasteiger partial charge on any atom is -0.495 e. The fourth-order valence-electron chi connectivity index (χ4n) is 4.61. The van der Waals surface area contributed by atoms with Crippen LogP contribution in [0.4, 0.5) is 10.6 Å². The fourth-order valence-corrected chi connectivity index (χ4v) is 5.76. The lowest BCUT2D eigenvalue weighted by Crippen LogP contribution is -2.48. The highest BCUT2D eigenvalue weighted by Crippen LogP contribution is 2.42. The van der Waals surface area contributed by atoms with Crippen LogP contribution < -0.4 is 15.8 Å². The van der Waals surface area contributed by atoms with Crippen LogP contribution in [-0.4, -0.2) is 62.3 Å². The molecule has 4 heterocycles. The summed E-state index contributed by atoms with van der Waals surface area (Å²) in [5.74, 6) is 0.811. The van der Waals surface area contributed by atoms with E-state index in [0.717, 1.165) is 31.8 Å². The van der Waals surface area contributed by atoms with Gasteiger partial charge in [0.05, 0.1) is 17.3 Å². The summed E-state index contributed by atoms with van der Waals surface area (Å²) in [7, 11) is 1.65. The van der Waals surface area contributed by atoms with E-state index in [4.69, 9.17) is 15.6 Å². The quantitative estimate of drug-likeness (QED) is 0.407. The van der Waals surface area contributed by atoms with Crippen molar-refractivity contribution >= 4 is 44.8 Å². The lowest BCUT2D eigenvalue weighted by Gasteiger charge is -2.24. The summed E-state index contributed by atoms with van der Waals surface area (Å²) in [5.41, 5.74) is 8.28. The summed E-state index contributed by atoms with van der Waals surface area (Å²) < 4.78 is 8.10. The molecule has 1 atom stereocenters. The number of nitrogen functional groups attached to an aromatic ring is 1. The molecule has 0 radical (unpaired) electrons. The number of likely N-dealkylation sites (tertiary alicyclic amines) is 1. The van der Waals surface area contributed by atoms with Gasteiger partial charge < -0.3 is 25.8 Å². The van der Waals surface area contributed by atoms with E-state index >= 15 is 0 Å². The maximum Gasteiger partial charge on any atom is 0.405 e. The number of nitrogens with zero attached hydrogens (tertiary/aromatic N) is 4. The molecule has 1 aromatic carbocycles. The number of nitrogens with two attached hydrogens (primary N) is 1. The van der Waals surface area contributed by atoms with Gasteiger partial charge in [0.2, 0.25) is 0 Å². The number of hydrogen-bond donors (Lipinski definition) is 3. The molecule has 1 aliphatic heterocycles. The molecule has 0 unspecified atom stereocenters. The smallest absolute Gasteiger partial charge is 0.405 e. The van der Waals surface area contributed by atoms with Crippen molar-refractivity contribution in [2.45, 2.75) is 25.8 Å². The minimum atomic E-state index is -1.11. The van der Waals surface area contributed by atoms with Gasteiger partial charge in [0.1, 0.15) is 23.3 Å². The topological polar surface area (TPSA) is 135 Å². The molecule has 4 aromatic rings. The van der Waals surface area contributed by atoms with Gasteiger partial charge in [0, 0.05) is 23.5 Å². The van der Waals surface area contributed by atoms with E-state index in [1.54, 1.807) is 36.3 Å². The van der Waals surface area contributed by atoms with Gasteiger partial charge in [0.25, 0.3) is 5.91 Å². The number of fused-ring (bicyclic) bond motifs is 2. The summed E-state index contributed by atoms with van der Waals surface area (Å²) in [4.78, 5) is 31.4. The van der Waals surface area contributed by atoms with Crippen molar-refractivity contribution in [1.82, 2.24) is 24.8 Å². The number of carbonyl (C=O) groups is 2. The predicted octanol–water partition coefficient (Wildman–Crippen LogP) is 3.38. The van der Waals surface area contributed by atoms with Crippen molar-refractivity contribution in [2.75, 3.05) is 25.9 Å². The molecule has 5 rings (SSSR count). The van der Waals surface area contributed by atoms with Crippen molar-refractivity contribution < 1.29 is 19.4 Å². The summed E-state index contributed by atoms with van der Waals surface area (Å²) in [6, 6.07) is 7.91. The average molecular weight is 481 g/mol. The van der Waals surface area contributed by atoms with Gasteiger partial charge in [-0.15, -0.1) is 11.3 Å². The third kappa shape index (κ3) is 3.58. The Labute approximate surface area is 198 Å². The third-order valence-corrected chi connectivity index (χ3v) is 7.38. The number of amides is 2. The summed E-state index contributed by atoms with van der Waals surface area (Å²) >= 11 is 1.55. The second kappa shape index (κ2) is 7.87. The molecule has 11 heteroatoms. The van der Waals surface area contributed by atoms with Crippen LogP contribution in [-0.2, 0) is 0 Å². The number of nitrogens with one attached hydrogen (secondary N) is 1. The van der Waals surface area contributed by atoms with Gasteiger partial charge in [-0.2, -0.15) is 5.10 Å². The Hall–Kier alpha value is -3.86. The first kappa shape index (κ1) is 22.0. The van der Waals surface area contributed by atoms with Crippen LogP contribution >= 0.6 is 11.3 Å². The monoisotopic (exact) mass is 480 g/mol. The molecule has 0 bridgehead atoms. The molecular weight excluding hydrogens is 456 g/mol. The number of carboxylic acid groups (broad SMARTS) is 1. The molecular formula is C23H24N6O4S. The Morgan fingerprint density at radius 1 is 1.29 bits per heavy atom. The van der Waals surface area contributed by atoms with E-state index in [2.05, 4.69) is 27.5 Å². The zero-order valence-electron chi connectivity index (χ0n) is 19.0. The maximum absolute atomic E-state index is 13.5. The molecule has 0 aliphatic carbocycles. The Morgan fingerprint density at radius 2 is 2.09 bits per heavy atom. The van der Waals surface area contributed by atoms with Crippen molar-refractivity contribution in [3.05, 3.63) is 41.9 Å². The highest BCUT2D eigenvalue weighted by atomic mass is 32.1. The zero-order chi connectivity index (χ0) is 24.2. The van der Waals surface area contributed by atoms with Crippen molar-refractivity contribution in [1.29, 1.82) is 0 Å². The Morgan fingerprint density at radius 3 is 2.82 bits per heavy atom. The highest BCUT2D eigenvalue weighted by Gasteiger charge is 2.38. The molecule has 1 saturated heterocycles. The molecule has 34 heavy (non-hydrogen) atoms. The van der Waals surface area contributed by atoms with Crippen LogP contribution in [0.5, 0.6) is 5.75 Å². The molecule has 1 aliphatic rings. The molecule has 4 N–H and O–H groups in total. The molecule has 10 nitrogen and oxygen atoms in total. The molecule has 0 saturated carbocycles.